The summed E-state index contributed by atoms with van der Waals surface area (Å²) in [5.41, 5.74) is 2.43. The van der Waals surface area contributed by atoms with Gasteiger partial charge in [0.15, 0.2) is 0 Å². The molecule has 1 aliphatic heterocycles. The molecule has 1 aliphatic rings. The number of likely N-dealkylation sites (N-methyl/N-ethyl adjacent to an activating group) is 1. The number of nitrogens with one attached hydrogen (secondary N) is 2. The molecule has 0 spiro atoms. The highest BCUT2D eigenvalue weighted by atomic mass is 16.2. The molecular formula is C8H17N5O. The summed E-state index contributed by atoms with van der Waals surface area (Å²) in [4.78, 5) is 17.3. The molecule has 14 heavy (non-hydrogen) atoms. The van der Waals surface area contributed by atoms with Crippen LogP contribution in [0.3, 0.4) is 0 Å². The molecule has 0 radical (unpaired) electrons. The highest BCUT2D eigenvalue weighted by Gasteiger charge is 2.29. The predicted octanol–water partition coefficient (Wildman–Crippen LogP) is -1.35. The smallest absolute Gasteiger partial charge is 0.244 e. The first kappa shape index (κ1) is 10.8. The fraction of sp³-hybridized carbons (Fsp3) is 0.750. The lowest BCUT2D eigenvalue weighted by atomic mass is 10.2. The van der Waals surface area contributed by atoms with Gasteiger partial charge in [-0.2, -0.15) is 0 Å². The lowest BCUT2D eigenvalue weighted by Crippen LogP contribution is -2.49. The van der Waals surface area contributed by atoms with Crippen molar-refractivity contribution in [2.75, 3.05) is 20.1 Å². The van der Waals surface area contributed by atoms with Crippen molar-refractivity contribution in [3.8, 4) is 0 Å². The number of rotatable bonds is 2. The Morgan fingerprint density at radius 3 is 2.93 bits per heavy atom. The number of likely N-dealkylation sites (tertiary alicyclic amines) is 1. The summed E-state index contributed by atoms with van der Waals surface area (Å²) in [7, 11) is 1.79. The van der Waals surface area contributed by atoms with E-state index < -0.39 is 0 Å². The van der Waals surface area contributed by atoms with Crippen molar-refractivity contribution in [3.05, 3.63) is 0 Å². The molecule has 1 saturated heterocycles. The van der Waals surface area contributed by atoms with Gasteiger partial charge >= 0.3 is 0 Å². The molecule has 6 heteroatoms. The molecule has 1 heterocycles. The average Bonchev–Trinajstić information content (AvgIpc) is 2.49. The molecule has 0 aliphatic carbocycles. The third-order valence-corrected chi connectivity index (χ3v) is 2.19. The molecule has 0 saturated carbocycles. The largest absolute Gasteiger partial charge is 0.344 e. The number of amides is 1. The number of hydrogen-bond acceptors (Lipinski definition) is 3. The van der Waals surface area contributed by atoms with Crippen LogP contribution in [0.15, 0.2) is 4.99 Å². The Hall–Kier alpha value is -1.30. The Labute approximate surface area is 83.5 Å². The van der Waals surface area contributed by atoms with Gasteiger partial charge in [0, 0.05) is 20.1 Å². The van der Waals surface area contributed by atoms with Crippen LogP contribution >= 0.6 is 0 Å². The number of guanidine groups is 1. The van der Waals surface area contributed by atoms with Crippen molar-refractivity contribution in [2.24, 2.45) is 10.8 Å². The zero-order valence-corrected chi connectivity index (χ0v) is 8.58. The van der Waals surface area contributed by atoms with E-state index in [1.165, 1.54) is 0 Å². The number of aliphatic imine (C=N–C) groups is 1. The first-order valence-electron chi connectivity index (χ1n) is 4.71. The molecule has 4 N–H and O–H groups in total. The molecule has 1 amide bonds. The quantitative estimate of drug-likeness (QED) is 0.222. The third-order valence-electron chi connectivity index (χ3n) is 2.19. The summed E-state index contributed by atoms with van der Waals surface area (Å²) in [6, 6.07) is -0.193. The summed E-state index contributed by atoms with van der Waals surface area (Å²) in [6.45, 7) is 3.31. The first-order valence-corrected chi connectivity index (χ1v) is 4.71. The zero-order chi connectivity index (χ0) is 10.6. The maximum absolute atomic E-state index is 11.5. The normalized spacial score (nSPS) is 22.8. The maximum Gasteiger partial charge on any atom is 0.244 e. The molecule has 1 atom stereocenters. The predicted molar refractivity (Wildman–Crippen MR) is 54.5 cm³/mol. The van der Waals surface area contributed by atoms with Gasteiger partial charge < -0.3 is 10.2 Å². The van der Waals surface area contributed by atoms with Crippen molar-refractivity contribution in [1.82, 2.24) is 15.6 Å². The fourth-order valence-electron chi connectivity index (χ4n) is 1.41. The second-order valence-electron chi connectivity index (χ2n) is 3.21. The summed E-state index contributed by atoms with van der Waals surface area (Å²) in [5, 5.41) is 2.97. The minimum Gasteiger partial charge on any atom is -0.344 e. The van der Waals surface area contributed by atoms with Crippen molar-refractivity contribution in [3.63, 3.8) is 0 Å². The molecule has 0 aromatic rings. The number of hydrogen-bond donors (Lipinski definition) is 3. The molecule has 1 rings (SSSR count). The monoisotopic (exact) mass is 199 g/mol. The SMILES string of the molecule is CCN=C(NN)NC1CCN(C)C1=O. The van der Waals surface area contributed by atoms with Crippen molar-refractivity contribution in [2.45, 2.75) is 19.4 Å². The van der Waals surface area contributed by atoms with Crippen LogP contribution in [0.5, 0.6) is 0 Å². The van der Waals surface area contributed by atoms with Crippen LogP contribution in [0, 0.1) is 0 Å². The lowest BCUT2D eigenvalue weighted by molar-refractivity contribution is -0.127. The summed E-state index contributed by atoms with van der Waals surface area (Å²) in [6.07, 6.45) is 0.791. The van der Waals surface area contributed by atoms with E-state index in [9.17, 15) is 4.79 Å². The highest BCUT2D eigenvalue weighted by molar-refractivity contribution is 5.89. The van der Waals surface area contributed by atoms with Crippen LogP contribution < -0.4 is 16.6 Å². The Morgan fingerprint density at radius 1 is 1.79 bits per heavy atom. The van der Waals surface area contributed by atoms with Gasteiger partial charge in [0.05, 0.1) is 0 Å². The van der Waals surface area contributed by atoms with Crippen LogP contribution in [-0.4, -0.2) is 42.9 Å². The van der Waals surface area contributed by atoms with Gasteiger partial charge in [-0.1, -0.05) is 0 Å². The van der Waals surface area contributed by atoms with E-state index in [4.69, 9.17) is 5.84 Å². The molecule has 0 aromatic heterocycles. The maximum atomic E-state index is 11.5. The average molecular weight is 199 g/mol. The topological polar surface area (TPSA) is 82.8 Å². The van der Waals surface area contributed by atoms with Crippen molar-refractivity contribution in [1.29, 1.82) is 0 Å². The Balaban J connectivity index is 2.51. The van der Waals surface area contributed by atoms with E-state index in [1.807, 2.05) is 6.92 Å². The molecule has 1 fully saturated rings. The van der Waals surface area contributed by atoms with Crippen molar-refractivity contribution < 1.29 is 4.79 Å². The van der Waals surface area contributed by atoms with Crippen LogP contribution in [0.2, 0.25) is 0 Å². The second-order valence-corrected chi connectivity index (χ2v) is 3.21. The summed E-state index contributed by atoms with van der Waals surface area (Å²) >= 11 is 0. The van der Waals surface area contributed by atoms with Gasteiger partial charge in [-0.05, 0) is 13.3 Å². The Kier molecular flexibility index (Phi) is 3.70. The van der Waals surface area contributed by atoms with Gasteiger partial charge in [0.2, 0.25) is 11.9 Å². The highest BCUT2D eigenvalue weighted by Crippen LogP contribution is 2.07. The van der Waals surface area contributed by atoms with Gasteiger partial charge in [0.25, 0.3) is 0 Å². The van der Waals surface area contributed by atoms with E-state index in [-0.39, 0.29) is 11.9 Å². The molecular weight excluding hydrogens is 182 g/mol. The van der Waals surface area contributed by atoms with Gasteiger partial charge in [-0.15, -0.1) is 0 Å². The van der Waals surface area contributed by atoms with Gasteiger partial charge in [-0.3, -0.25) is 15.2 Å². The molecule has 0 bridgehead atoms. The van der Waals surface area contributed by atoms with Crippen LogP contribution in [-0.2, 0) is 4.79 Å². The van der Waals surface area contributed by atoms with Gasteiger partial charge in [0.1, 0.15) is 6.04 Å². The van der Waals surface area contributed by atoms with Gasteiger partial charge in [-0.25, -0.2) is 5.84 Å². The van der Waals surface area contributed by atoms with E-state index >= 15 is 0 Å². The van der Waals surface area contributed by atoms with E-state index in [0.717, 1.165) is 13.0 Å². The summed E-state index contributed by atoms with van der Waals surface area (Å²) < 4.78 is 0. The molecule has 0 aromatic carbocycles. The van der Waals surface area contributed by atoms with Crippen LogP contribution in [0.1, 0.15) is 13.3 Å². The number of carbonyl (C=O) groups is 1. The van der Waals surface area contributed by atoms with E-state index in [2.05, 4.69) is 15.7 Å². The molecule has 1 unspecified atom stereocenters. The molecule has 6 nitrogen and oxygen atoms in total. The Morgan fingerprint density at radius 2 is 2.50 bits per heavy atom. The number of hydrazine groups is 1. The zero-order valence-electron chi connectivity index (χ0n) is 8.58. The minimum atomic E-state index is -0.193. The third kappa shape index (κ3) is 2.35. The minimum absolute atomic E-state index is 0.0871. The fourth-order valence-corrected chi connectivity index (χ4v) is 1.41. The number of carbonyl (C=O) groups excluding carboxylic acids is 1. The molecule has 80 valence electrons. The first-order chi connectivity index (χ1) is 6.69. The van der Waals surface area contributed by atoms with Crippen LogP contribution in [0.4, 0.5) is 0 Å². The van der Waals surface area contributed by atoms with Crippen LogP contribution in [0.25, 0.3) is 0 Å². The summed E-state index contributed by atoms with van der Waals surface area (Å²) in [5.74, 6) is 5.81. The second kappa shape index (κ2) is 4.80. The number of nitrogens with zero attached hydrogens (tertiary/aromatic N) is 2. The number of nitrogens with two attached hydrogens (primary N) is 1. The van der Waals surface area contributed by atoms with E-state index in [1.54, 1.807) is 11.9 Å². The Bertz CT molecular complexity index is 240. The van der Waals surface area contributed by atoms with Crippen molar-refractivity contribution >= 4 is 11.9 Å². The standard InChI is InChI=1S/C8H17N5O/c1-3-10-8(12-9)11-6-4-5-13(2)7(6)14/h6H,3-5,9H2,1-2H3,(H2,10,11,12). The van der Waals surface area contributed by atoms with E-state index in [0.29, 0.717) is 12.5 Å². The lowest BCUT2D eigenvalue weighted by Gasteiger charge is -2.14.